The Labute approximate surface area is 259 Å². The smallest absolute Gasteiger partial charge is 0.394 e. The minimum atomic E-state index is -6.36. The molecule has 0 aromatic rings. The van der Waals surface area contributed by atoms with E-state index in [1.54, 1.807) is 0 Å². The summed E-state index contributed by atoms with van der Waals surface area (Å²) < 4.78 is 102. The van der Waals surface area contributed by atoms with Crippen molar-refractivity contribution in [1.82, 2.24) is 0 Å². The first-order valence-corrected chi connectivity index (χ1v) is 20.5. The van der Waals surface area contributed by atoms with Crippen LogP contribution in [-0.2, 0) is 63.9 Å². The van der Waals surface area contributed by atoms with E-state index >= 15 is 0 Å². The van der Waals surface area contributed by atoms with Crippen LogP contribution in [0.4, 0.5) is 0 Å². The molecule has 1 unspecified atom stereocenters. The van der Waals surface area contributed by atoms with Crippen molar-refractivity contribution in [3.05, 3.63) is 0 Å². The third-order valence-corrected chi connectivity index (χ3v) is 8.81. The molecule has 0 spiro atoms. The average Bonchev–Trinajstić information content (AvgIpc) is 2.84. The van der Waals surface area contributed by atoms with E-state index in [1.165, 1.54) is 0 Å². The molecule has 0 bridgehead atoms. The summed E-state index contributed by atoms with van der Waals surface area (Å²) in [6.07, 6.45) is -27.7. The molecule has 1 aliphatic rings. The van der Waals surface area contributed by atoms with Gasteiger partial charge in [0.05, 0.1) is 12.6 Å². The maximum atomic E-state index is 13.1. The second kappa shape index (κ2) is 16.7. The first-order valence-electron chi connectivity index (χ1n) is 11.4. The Kier molecular flexibility index (Phi) is 16.0. The summed E-state index contributed by atoms with van der Waals surface area (Å²) in [5.41, 5.74) is 5.34. The topological polar surface area (TPSA) is 493 Å². The summed E-state index contributed by atoms with van der Waals surface area (Å²) >= 11 is 0. The average molecular weight is 821 g/mol. The van der Waals surface area contributed by atoms with Crippen LogP contribution in [0.3, 0.4) is 0 Å². The van der Waals surface area contributed by atoms with Gasteiger partial charge in [0.15, 0.2) is 0 Å². The van der Waals surface area contributed by atoms with Crippen molar-refractivity contribution in [3.63, 3.8) is 0 Å². The summed E-state index contributed by atoms with van der Waals surface area (Å²) in [5.74, 6) is 0. The van der Waals surface area contributed by atoms with Crippen molar-refractivity contribution in [1.29, 1.82) is 0 Å². The molecule has 16 N–H and O–H groups in total. The summed E-state index contributed by atoms with van der Waals surface area (Å²) in [6, 6.07) is -2.22. The van der Waals surface area contributed by atoms with Gasteiger partial charge in [-0.3, -0.25) is 31.7 Å². The van der Waals surface area contributed by atoms with E-state index in [0.717, 1.165) is 0 Å². The number of rotatable bonds is 19. The molecule has 47 heavy (non-hydrogen) atoms. The van der Waals surface area contributed by atoms with Crippen LogP contribution in [0.25, 0.3) is 0 Å². The maximum absolute atomic E-state index is 13.1. The van der Waals surface area contributed by atoms with Crippen LogP contribution in [0.5, 0.6) is 0 Å². The molecule has 0 amide bonds. The molecule has 0 aromatic carbocycles. The number of carbonyl (C=O) groups excluding carboxylic acids is 1. The first-order chi connectivity index (χ1) is 20.8. The fourth-order valence-corrected chi connectivity index (χ4v) is 7.69. The summed E-state index contributed by atoms with van der Waals surface area (Å²) in [5, 5.41) is 28.8. The predicted octanol–water partition coefficient (Wildman–Crippen LogP) is -5.50. The van der Waals surface area contributed by atoms with E-state index in [4.69, 9.17) is 10.8 Å². The second-order valence-corrected chi connectivity index (χ2v) is 16.2. The van der Waals surface area contributed by atoms with Gasteiger partial charge in [0.2, 0.25) is 0 Å². The van der Waals surface area contributed by atoms with E-state index < -0.39 is 115 Å². The van der Waals surface area contributed by atoms with E-state index in [9.17, 15) is 96.2 Å². The van der Waals surface area contributed by atoms with Gasteiger partial charge in [-0.15, -0.1) is 0 Å². The molecule has 1 aliphatic carbocycles. The van der Waals surface area contributed by atoms with Crippen molar-refractivity contribution < 1.29 is 133 Å². The minimum Gasteiger partial charge on any atom is -0.394 e. The molecule has 1 saturated carbocycles. The number of nitrogens with two attached hydrogens (primary N) is 1. The number of hydrogen-bond donors (Lipinski definition) is 15. The molecule has 0 heterocycles. The molecule has 35 heteroatoms. The molecule has 11 atom stereocenters. The van der Waals surface area contributed by atoms with Crippen molar-refractivity contribution in [2.45, 2.75) is 61.0 Å². The van der Waals surface area contributed by atoms with Crippen molar-refractivity contribution >= 4 is 53.2 Å². The van der Waals surface area contributed by atoms with Crippen LogP contribution in [0, 0.1) is 0 Å². The van der Waals surface area contributed by atoms with Crippen molar-refractivity contribution in [3.8, 4) is 0 Å². The highest BCUT2D eigenvalue weighted by Crippen LogP contribution is 2.58. The number of phosphoric acid groups is 6. The van der Waals surface area contributed by atoms with Crippen LogP contribution < -0.4 is 5.73 Å². The molecular weight excluding hydrogens is 792 g/mol. The predicted molar refractivity (Wildman–Crippen MR) is 137 cm³/mol. The molecule has 1 fully saturated rings. The quantitative estimate of drug-likeness (QED) is 0.0427. The SMILES string of the molecule is N[C@@H](C=O)[C@@H](OP(=O)(O)O[C@@H]1[C@@H](OP(=O)(O)O)[C@H](OP(=O)(O)O)[C@@H](OP(=O)(O)O)[C@H](OP(=O)(O)O)[C@@H]1OP(=O)(O)O)[C@H](O)[C@H](O)CO. The van der Waals surface area contributed by atoms with Crippen LogP contribution in [0.1, 0.15) is 0 Å². The van der Waals surface area contributed by atoms with Crippen molar-refractivity contribution in [2.75, 3.05) is 6.61 Å². The molecule has 1 rings (SSSR count). The summed E-state index contributed by atoms with van der Waals surface area (Å²) in [6.45, 7) is -1.33. The number of hydrogen-bond acceptors (Lipinski definition) is 18. The molecule has 29 nitrogen and oxygen atoms in total. The Bertz CT molecular complexity index is 1280. The van der Waals surface area contributed by atoms with Gasteiger partial charge in [0, 0.05) is 0 Å². The first kappa shape index (κ1) is 45.2. The number of carbonyl (C=O) groups is 1. The molecule has 0 aliphatic heterocycles. The number of aliphatic hydroxyl groups is 3. The Morgan fingerprint density at radius 1 is 0.553 bits per heavy atom. The van der Waals surface area contributed by atoms with E-state index in [-0.39, 0.29) is 6.29 Å². The van der Waals surface area contributed by atoms with Gasteiger partial charge < -0.3 is 79.7 Å². The molecule has 0 saturated heterocycles. The number of phosphoric ester groups is 6. The van der Waals surface area contributed by atoms with Gasteiger partial charge in [-0.2, -0.15) is 0 Å². The number of aliphatic hydroxyl groups excluding tert-OH is 3. The van der Waals surface area contributed by atoms with Gasteiger partial charge in [0.25, 0.3) is 0 Å². The summed E-state index contributed by atoms with van der Waals surface area (Å²) in [7, 11) is -37.4. The van der Waals surface area contributed by atoms with Gasteiger partial charge in [-0.1, -0.05) is 0 Å². The van der Waals surface area contributed by atoms with Crippen LogP contribution >= 0.6 is 46.9 Å². The third-order valence-electron chi connectivity index (χ3n) is 5.20. The van der Waals surface area contributed by atoms with E-state index in [0.29, 0.717) is 0 Å². The highest BCUT2D eigenvalue weighted by Gasteiger charge is 2.63. The Morgan fingerprint density at radius 2 is 0.809 bits per heavy atom. The molecule has 0 radical (unpaired) electrons. The lowest BCUT2D eigenvalue weighted by molar-refractivity contribution is -0.203. The third kappa shape index (κ3) is 15.9. The molecule has 280 valence electrons. The highest BCUT2D eigenvalue weighted by molar-refractivity contribution is 7.48. The lowest BCUT2D eigenvalue weighted by Gasteiger charge is -2.48. The monoisotopic (exact) mass is 821 g/mol. The van der Waals surface area contributed by atoms with Gasteiger partial charge >= 0.3 is 46.9 Å². The second-order valence-electron chi connectivity index (χ2n) is 8.87. The van der Waals surface area contributed by atoms with Crippen molar-refractivity contribution in [2.24, 2.45) is 5.73 Å². The fraction of sp³-hybridized carbons (Fsp3) is 0.917. The highest BCUT2D eigenvalue weighted by atomic mass is 31.2. The van der Waals surface area contributed by atoms with Crippen LogP contribution in [-0.4, -0.2) is 143 Å². The fourth-order valence-electron chi connectivity index (χ4n) is 3.73. The van der Waals surface area contributed by atoms with Gasteiger partial charge in [-0.25, -0.2) is 27.4 Å². The van der Waals surface area contributed by atoms with Gasteiger partial charge in [-0.05, 0) is 0 Å². The largest absolute Gasteiger partial charge is 0.473 e. The van der Waals surface area contributed by atoms with Gasteiger partial charge in [0.1, 0.15) is 61.2 Å². The lowest BCUT2D eigenvalue weighted by atomic mass is 9.85. The minimum absolute atomic E-state index is 0.282. The zero-order valence-corrected chi connectivity index (χ0v) is 27.7. The standard InChI is InChI=1S/C12H29NO28P6/c13-3(1-14)6(5(17)4(16)2-15)40-47(33,34)41-12-10(38-45(27,28)29)8(36-43(21,22)23)7(35-42(18,19)20)9(37-44(24,25)26)11(12)39-46(30,31)32/h1,3-12,15-17H,2,13H2,(H,33,34)(H2,18,19,20)(H2,21,22,23)(H2,24,25,26)(H2,27,28,29)(H2,30,31,32)/t3-,4+,5+,6+,7-,8-,9+,10-,11-,12-/m0/s1. The Balaban J connectivity index is 4.13. The van der Waals surface area contributed by atoms with E-state index in [2.05, 4.69) is 31.7 Å². The van der Waals surface area contributed by atoms with E-state index in [1.807, 2.05) is 0 Å². The lowest BCUT2D eigenvalue weighted by Crippen LogP contribution is -2.66. The Hall–Kier alpha value is 0.170. The summed E-state index contributed by atoms with van der Waals surface area (Å²) in [4.78, 5) is 116. The molecular formula is C12H29NO28P6. The maximum Gasteiger partial charge on any atom is 0.473 e. The van der Waals surface area contributed by atoms with Crippen LogP contribution in [0.2, 0.25) is 0 Å². The normalized spacial score (nSPS) is 29.0. The van der Waals surface area contributed by atoms with Crippen LogP contribution in [0.15, 0.2) is 0 Å². The Morgan fingerprint density at radius 3 is 1.02 bits per heavy atom. The number of aldehydes is 1. The zero-order chi connectivity index (χ0) is 37.1. The zero-order valence-electron chi connectivity index (χ0n) is 22.3. The molecule has 0 aromatic heterocycles.